The van der Waals surface area contributed by atoms with Crippen LogP contribution in [0.4, 0.5) is 5.82 Å². The fourth-order valence-corrected chi connectivity index (χ4v) is 3.29. The van der Waals surface area contributed by atoms with Crippen LogP contribution < -0.4 is 5.32 Å². The third-order valence-corrected chi connectivity index (χ3v) is 5.14. The average molecular weight is 282 g/mol. The zero-order valence-corrected chi connectivity index (χ0v) is 10.5. The molecular formula is C7H12N2O6P2. The molecule has 0 aromatic carbocycles. The first-order valence-corrected chi connectivity index (χ1v) is 7.77. The average Bonchev–Trinajstić information content (AvgIpc) is 2.10. The Labute approximate surface area is 97.0 Å². The summed E-state index contributed by atoms with van der Waals surface area (Å²) in [5, 5.41) is 2.06. The molecule has 1 heterocycles. The lowest BCUT2D eigenvalue weighted by atomic mass is 10.4. The third kappa shape index (κ3) is 4.20. The van der Waals surface area contributed by atoms with Crippen LogP contribution in [0.25, 0.3) is 0 Å². The summed E-state index contributed by atoms with van der Waals surface area (Å²) in [6.07, 6.45) is 0. The SMILES string of the molecule is Cc1cccc(NC(P(=O)(O)O)P(=O)(O)O)n1. The van der Waals surface area contributed by atoms with Crippen molar-refractivity contribution in [3.63, 3.8) is 0 Å². The molecule has 96 valence electrons. The molecule has 17 heavy (non-hydrogen) atoms. The highest BCUT2D eigenvalue weighted by molar-refractivity contribution is 7.71. The van der Waals surface area contributed by atoms with Crippen LogP contribution in [0.15, 0.2) is 18.2 Å². The van der Waals surface area contributed by atoms with Gasteiger partial charge in [-0.25, -0.2) is 4.98 Å². The standard InChI is InChI=1S/C7H12N2O6P2/c1-5-3-2-4-6(8-5)9-7(16(10,11)12)17(13,14)15/h2-4,7H,1H3,(H,8,9)(H2,10,11,12)(H2,13,14,15). The highest BCUT2D eigenvalue weighted by atomic mass is 31.2. The lowest BCUT2D eigenvalue weighted by molar-refractivity contribution is 0.343. The Bertz CT molecular complexity index is 473. The second-order valence-corrected chi connectivity index (χ2v) is 7.16. The monoisotopic (exact) mass is 282 g/mol. The van der Waals surface area contributed by atoms with Gasteiger partial charge in [0.2, 0.25) is 5.52 Å². The van der Waals surface area contributed by atoms with Crippen LogP contribution in [0.2, 0.25) is 0 Å². The third-order valence-electron chi connectivity index (χ3n) is 1.80. The van der Waals surface area contributed by atoms with Crippen LogP contribution in [0.5, 0.6) is 0 Å². The molecule has 10 heteroatoms. The summed E-state index contributed by atoms with van der Waals surface area (Å²) < 4.78 is 22.0. The van der Waals surface area contributed by atoms with Crippen molar-refractivity contribution in [3.05, 3.63) is 23.9 Å². The minimum absolute atomic E-state index is 0.0124. The molecule has 0 amide bonds. The van der Waals surface area contributed by atoms with E-state index in [4.69, 9.17) is 19.6 Å². The van der Waals surface area contributed by atoms with Gasteiger partial charge in [-0.2, -0.15) is 0 Å². The maximum atomic E-state index is 11.0. The minimum atomic E-state index is -4.99. The predicted molar refractivity (Wildman–Crippen MR) is 60.5 cm³/mol. The normalized spacial score (nSPS) is 12.8. The van der Waals surface area contributed by atoms with Gasteiger partial charge in [-0.3, -0.25) is 9.13 Å². The van der Waals surface area contributed by atoms with E-state index in [1.54, 1.807) is 19.1 Å². The Morgan fingerprint density at radius 3 is 2.12 bits per heavy atom. The second-order valence-electron chi connectivity index (χ2n) is 3.36. The van der Waals surface area contributed by atoms with Gasteiger partial charge >= 0.3 is 15.2 Å². The summed E-state index contributed by atoms with van der Waals surface area (Å²) in [4.78, 5) is 39.3. The first-order chi connectivity index (χ1) is 7.60. The summed E-state index contributed by atoms with van der Waals surface area (Å²) >= 11 is 0. The molecule has 0 fully saturated rings. The highest BCUT2D eigenvalue weighted by Crippen LogP contribution is 2.59. The van der Waals surface area contributed by atoms with Gasteiger partial charge in [0.15, 0.2) is 0 Å². The first kappa shape index (κ1) is 14.3. The Balaban J connectivity index is 3.04. The van der Waals surface area contributed by atoms with Crippen LogP contribution >= 0.6 is 15.2 Å². The van der Waals surface area contributed by atoms with E-state index in [-0.39, 0.29) is 5.82 Å². The van der Waals surface area contributed by atoms with Crippen LogP contribution in [-0.2, 0) is 9.13 Å². The fourth-order valence-electron chi connectivity index (χ4n) is 1.12. The van der Waals surface area contributed by atoms with Crippen molar-refractivity contribution in [2.24, 2.45) is 0 Å². The van der Waals surface area contributed by atoms with Gasteiger partial charge in [-0.1, -0.05) is 6.07 Å². The summed E-state index contributed by atoms with van der Waals surface area (Å²) in [5.74, 6) is -0.0124. The zero-order valence-electron chi connectivity index (χ0n) is 8.76. The quantitative estimate of drug-likeness (QED) is 0.501. The number of hydrogen-bond acceptors (Lipinski definition) is 4. The number of nitrogens with one attached hydrogen (secondary N) is 1. The summed E-state index contributed by atoms with van der Waals surface area (Å²) in [7, 11) is -9.98. The van der Waals surface area contributed by atoms with E-state index in [2.05, 4.69) is 10.3 Å². The lowest BCUT2D eigenvalue weighted by Crippen LogP contribution is -2.20. The van der Waals surface area contributed by atoms with E-state index in [1.165, 1.54) is 6.07 Å². The molecular weight excluding hydrogens is 270 g/mol. The predicted octanol–water partition coefficient (Wildman–Crippen LogP) is 0.441. The van der Waals surface area contributed by atoms with Crippen molar-refractivity contribution < 1.29 is 28.7 Å². The van der Waals surface area contributed by atoms with Gasteiger partial charge < -0.3 is 24.9 Å². The van der Waals surface area contributed by atoms with Gasteiger partial charge in [-0.15, -0.1) is 0 Å². The number of nitrogens with zero attached hydrogens (tertiary/aromatic N) is 1. The highest BCUT2D eigenvalue weighted by Gasteiger charge is 2.43. The molecule has 0 saturated carbocycles. The Morgan fingerprint density at radius 1 is 1.18 bits per heavy atom. The van der Waals surface area contributed by atoms with Gasteiger partial charge in [0.1, 0.15) is 5.82 Å². The number of hydrogen-bond donors (Lipinski definition) is 5. The minimum Gasteiger partial charge on any atom is -0.346 e. The molecule has 0 atom stereocenters. The second kappa shape index (κ2) is 4.86. The Kier molecular flexibility index (Phi) is 4.09. The van der Waals surface area contributed by atoms with Crippen molar-refractivity contribution in [2.45, 2.75) is 12.4 Å². The summed E-state index contributed by atoms with van der Waals surface area (Å²) in [6.45, 7) is 1.63. The van der Waals surface area contributed by atoms with Crippen LogP contribution in [-0.4, -0.2) is 30.1 Å². The molecule has 0 spiro atoms. The van der Waals surface area contributed by atoms with E-state index in [0.29, 0.717) is 5.69 Å². The molecule has 0 aliphatic heterocycles. The van der Waals surface area contributed by atoms with E-state index in [9.17, 15) is 9.13 Å². The molecule has 1 rings (SSSR count). The number of rotatable bonds is 4. The first-order valence-electron chi connectivity index (χ1n) is 4.41. The maximum Gasteiger partial charge on any atom is 0.360 e. The zero-order chi connectivity index (χ0) is 13.3. The van der Waals surface area contributed by atoms with Gasteiger partial charge in [0.05, 0.1) is 0 Å². The van der Waals surface area contributed by atoms with Crippen molar-refractivity contribution in [1.82, 2.24) is 4.98 Å². The van der Waals surface area contributed by atoms with E-state index in [1.807, 2.05) is 0 Å². The van der Waals surface area contributed by atoms with Gasteiger partial charge in [0.25, 0.3) is 0 Å². The molecule has 1 aromatic rings. The largest absolute Gasteiger partial charge is 0.360 e. The molecule has 8 nitrogen and oxygen atoms in total. The number of aryl methyl sites for hydroxylation is 1. The molecule has 1 aromatic heterocycles. The maximum absolute atomic E-state index is 11.0. The van der Waals surface area contributed by atoms with E-state index in [0.717, 1.165) is 0 Å². The number of pyridine rings is 1. The van der Waals surface area contributed by atoms with Gasteiger partial charge in [0, 0.05) is 5.69 Å². The smallest absolute Gasteiger partial charge is 0.346 e. The van der Waals surface area contributed by atoms with Crippen molar-refractivity contribution >= 4 is 21.0 Å². The molecule has 0 aliphatic carbocycles. The number of aromatic nitrogens is 1. The van der Waals surface area contributed by atoms with Crippen molar-refractivity contribution in [2.75, 3.05) is 5.32 Å². The Hall–Kier alpha value is -0.750. The van der Waals surface area contributed by atoms with Crippen LogP contribution in [0, 0.1) is 6.92 Å². The van der Waals surface area contributed by atoms with Crippen molar-refractivity contribution in [3.8, 4) is 0 Å². The molecule has 0 radical (unpaired) electrons. The molecule has 5 N–H and O–H groups in total. The molecule has 0 saturated heterocycles. The van der Waals surface area contributed by atoms with Crippen LogP contribution in [0.3, 0.4) is 0 Å². The lowest BCUT2D eigenvalue weighted by Gasteiger charge is -2.21. The molecule has 0 unspecified atom stereocenters. The molecule has 0 bridgehead atoms. The van der Waals surface area contributed by atoms with Crippen LogP contribution in [0.1, 0.15) is 5.69 Å². The Morgan fingerprint density at radius 2 is 1.71 bits per heavy atom. The summed E-state index contributed by atoms with van der Waals surface area (Å²) in [5.41, 5.74) is -1.74. The van der Waals surface area contributed by atoms with Crippen molar-refractivity contribution in [1.29, 1.82) is 0 Å². The van der Waals surface area contributed by atoms with E-state index >= 15 is 0 Å². The molecule has 0 aliphatic rings. The van der Waals surface area contributed by atoms with E-state index < -0.39 is 20.7 Å². The topological polar surface area (TPSA) is 140 Å². The van der Waals surface area contributed by atoms with Gasteiger partial charge in [-0.05, 0) is 19.1 Å². The fraction of sp³-hybridized carbons (Fsp3) is 0.286. The number of anilines is 1. The summed E-state index contributed by atoms with van der Waals surface area (Å²) in [6, 6.07) is 4.53.